The SMILES string of the molecule is CC(C#N)C(=O)/N=C/N(C)C. The number of rotatable bonds is 2. The van der Waals surface area contributed by atoms with Crippen LogP contribution >= 0.6 is 0 Å². The van der Waals surface area contributed by atoms with E-state index in [0.717, 1.165) is 0 Å². The molecule has 0 saturated carbocycles. The molecule has 4 heteroatoms. The minimum atomic E-state index is -0.647. The van der Waals surface area contributed by atoms with Gasteiger partial charge >= 0.3 is 0 Å². The monoisotopic (exact) mass is 153 g/mol. The van der Waals surface area contributed by atoms with Gasteiger partial charge in [0.05, 0.1) is 12.4 Å². The van der Waals surface area contributed by atoms with E-state index < -0.39 is 11.8 Å². The summed E-state index contributed by atoms with van der Waals surface area (Å²) in [5, 5.41) is 8.31. The Morgan fingerprint density at radius 3 is 2.64 bits per heavy atom. The van der Waals surface area contributed by atoms with Gasteiger partial charge in [-0.15, -0.1) is 0 Å². The highest BCUT2D eigenvalue weighted by atomic mass is 16.1. The van der Waals surface area contributed by atoms with E-state index in [1.54, 1.807) is 25.1 Å². The lowest BCUT2D eigenvalue weighted by Gasteiger charge is -2.01. The number of hydrogen-bond acceptors (Lipinski definition) is 2. The minimum Gasteiger partial charge on any atom is -0.369 e. The molecule has 0 aromatic rings. The van der Waals surface area contributed by atoms with E-state index >= 15 is 0 Å². The number of hydrogen-bond donors (Lipinski definition) is 0. The highest BCUT2D eigenvalue weighted by molar-refractivity contribution is 5.87. The molecule has 0 saturated heterocycles. The maximum atomic E-state index is 10.8. The lowest BCUT2D eigenvalue weighted by atomic mass is 10.2. The van der Waals surface area contributed by atoms with Gasteiger partial charge in [-0.1, -0.05) is 0 Å². The van der Waals surface area contributed by atoms with Crippen LogP contribution in [0, 0.1) is 17.2 Å². The van der Waals surface area contributed by atoms with Crippen LogP contribution in [-0.4, -0.2) is 31.2 Å². The standard InChI is InChI=1S/C7H11N3O/c1-6(4-8)7(11)9-5-10(2)3/h5-6H,1-3H3/b9-5+. The molecule has 60 valence electrons. The maximum Gasteiger partial charge on any atom is 0.264 e. The second-order valence-electron chi connectivity index (χ2n) is 2.40. The van der Waals surface area contributed by atoms with Gasteiger partial charge in [-0.2, -0.15) is 5.26 Å². The zero-order chi connectivity index (χ0) is 8.85. The molecular weight excluding hydrogens is 142 g/mol. The van der Waals surface area contributed by atoms with Gasteiger partial charge in [0.1, 0.15) is 5.92 Å². The van der Waals surface area contributed by atoms with Crippen molar-refractivity contribution >= 4 is 12.2 Å². The molecule has 0 aromatic heterocycles. The molecule has 0 heterocycles. The molecule has 0 aliphatic heterocycles. The zero-order valence-electron chi connectivity index (χ0n) is 6.90. The van der Waals surface area contributed by atoms with Crippen LogP contribution in [0.3, 0.4) is 0 Å². The number of carbonyl (C=O) groups excluding carboxylic acids is 1. The highest BCUT2D eigenvalue weighted by Crippen LogP contribution is 1.93. The Morgan fingerprint density at radius 1 is 1.73 bits per heavy atom. The molecule has 4 nitrogen and oxygen atoms in total. The Labute approximate surface area is 66.1 Å². The lowest BCUT2D eigenvalue weighted by molar-refractivity contribution is -0.119. The van der Waals surface area contributed by atoms with E-state index in [2.05, 4.69) is 4.99 Å². The van der Waals surface area contributed by atoms with Crippen LogP contribution < -0.4 is 0 Å². The fraction of sp³-hybridized carbons (Fsp3) is 0.571. The van der Waals surface area contributed by atoms with Crippen LogP contribution in [0.5, 0.6) is 0 Å². The smallest absolute Gasteiger partial charge is 0.264 e. The molecule has 0 aliphatic carbocycles. The molecule has 0 aliphatic rings. The van der Waals surface area contributed by atoms with Gasteiger partial charge in [-0.25, -0.2) is 4.99 Å². The summed E-state index contributed by atoms with van der Waals surface area (Å²) in [4.78, 5) is 16.0. The zero-order valence-corrected chi connectivity index (χ0v) is 6.90. The highest BCUT2D eigenvalue weighted by Gasteiger charge is 2.08. The molecule has 1 amide bonds. The van der Waals surface area contributed by atoms with E-state index in [1.165, 1.54) is 13.3 Å². The minimum absolute atomic E-state index is 0.402. The molecule has 0 spiro atoms. The van der Waals surface area contributed by atoms with Crippen molar-refractivity contribution in [2.75, 3.05) is 14.1 Å². The normalized spacial score (nSPS) is 12.5. The third-order valence-corrected chi connectivity index (χ3v) is 0.980. The summed E-state index contributed by atoms with van der Waals surface area (Å²) < 4.78 is 0. The second-order valence-corrected chi connectivity index (χ2v) is 2.40. The van der Waals surface area contributed by atoms with Crippen LogP contribution in [0.1, 0.15) is 6.92 Å². The lowest BCUT2D eigenvalue weighted by Crippen LogP contribution is -2.12. The predicted octanol–water partition coefficient (Wildman–Crippen LogP) is 0.263. The average molecular weight is 153 g/mol. The Morgan fingerprint density at radius 2 is 2.27 bits per heavy atom. The largest absolute Gasteiger partial charge is 0.369 e. The Balaban J connectivity index is 3.99. The number of nitriles is 1. The first kappa shape index (κ1) is 9.63. The van der Waals surface area contributed by atoms with E-state index in [0.29, 0.717) is 0 Å². The van der Waals surface area contributed by atoms with Crippen LogP contribution in [0.15, 0.2) is 4.99 Å². The number of nitrogens with zero attached hydrogens (tertiary/aromatic N) is 3. The molecule has 0 rings (SSSR count). The van der Waals surface area contributed by atoms with Crippen molar-refractivity contribution in [3.05, 3.63) is 0 Å². The van der Waals surface area contributed by atoms with E-state index in [-0.39, 0.29) is 0 Å². The summed E-state index contributed by atoms with van der Waals surface area (Å²) in [6.07, 6.45) is 1.39. The van der Waals surface area contributed by atoms with Gasteiger partial charge in [-0.05, 0) is 6.92 Å². The van der Waals surface area contributed by atoms with Crippen LogP contribution in [0.2, 0.25) is 0 Å². The van der Waals surface area contributed by atoms with Crippen molar-refractivity contribution in [2.24, 2.45) is 10.9 Å². The van der Waals surface area contributed by atoms with Crippen molar-refractivity contribution < 1.29 is 4.79 Å². The van der Waals surface area contributed by atoms with Gasteiger partial charge in [-0.3, -0.25) is 4.79 Å². The first-order valence-corrected chi connectivity index (χ1v) is 3.22. The van der Waals surface area contributed by atoms with Crippen molar-refractivity contribution in [2.45, 2.75) is 6.92 Å². The number of carbonyl (C=O) groups is 1. The average Bonchev–Trinajstić information content (AvgIpc) is 1.98. The predicted molar refractivity (Wildman–Crippen MR) is 42.0 cm³/mol. The molecule has 1 atom stereocenters. The van der Waals surface area contributed by atoms with Crippen LogP contribution in [0.4, 0.5) is 0 Å². The molecule has 1 unspecified atom stereocenters. The number of amides is 1. The second kappa shape index (κ2) is 4.45. The van der Waals surface area contributed by atoms with E-state index in [1.807, 2.05) is 0 Å². The van der Waals surface area contributed by atoms with Gasteiger partial charge in [0, 0.05) is 14.1 Å². The molecule has 0 aromatic carbocycles. The fourth-order valence-corrected chi connectivity index (χ4v) is 0.339. The fourth-order valence-electron chi connectivity index (χ4n) is 0.339. The summed E-state index contributed by atoms with van der Waals surface area (Å²) in [7, 11) is 3.52. The summed E-state index contributed by atoms with van der Waals surface area (Å²) in [6, 6.07) is 1.81. The van der Waals surface area contributed by atoms with Crippen molar-refractivity contribution in [1.82, 2.24) is 4.90 Å². The van der Waals surface area contributed by atoms with Gasteiger partial charge in [0.15, 0.2) is 0 Å². The Kier molecular flexibility index (Phi) is 3.89. The maximum absolute atomic E-state index is 10.8. The summed E-state index contributed by atoms with van der Waals surface area (Å²) in [6.45, 7) is 1.52. The third kappa shape index (κ3) is 4.09. The molecular formula is C7H11N3O. The Bertz CT molecular complexity index is 202. The van der Waals surface area contributed by atoms with Gasteiger partial charge in [0.2, 0.25) is 0 Å². The molecule has 0 N–H and O–H groups in total. The molecule has 0 radical (unpaired) electrons. The topological polar surface area (TPSA) is 56.5 Å². The first-order valence-electron chi connectivity index (χ1n) is 3.22. The van der Waals surface area contributed by atoms with Crippen molar-refractivity contribution in [3.63, 3.8) is 0 Å². The first-order chi connectivity index (χ1) is 5.07. The van der Waals surface area contributed by atoms with E-state index in [9.17, 15) is 4.79 Å². The van der Waals surface area contributed by atoms with Crippen molar-refractivity contribution in [3.8, 4) is 6.07 Å². The van der Waals surface area contributed by atoms with Gasteiger partial charge < -0.3 is 4.90 Å². The van der Waals surface area contributed by atoms with Crippen LogP contribution in [-0.2, 0) is 4.79 Å². The summed E-state index contributed by atoms with van der Waals surface area (Å²) in [5.74, 6) is -1.05. The number of aliphatic imine (C=N–C) groups is 1. The molecule has 11 heavy (non-hydrogen) atoms. The summed E-state index contributed by atoms with van der Waals surface area (Å²) in [5.41, 5.74) is 0. The quantitative estimate of drug-likeness (QED) is 0.422. The van der Waals surface area contributed by atoms with E-state index in [4.69, 9.17) is 5.26 Å². The third-order valence-electron chi connectivity index (χ3n) is 0.980. The van der Waals surface area contributed by atoms with Crippen LogP contribution in [0.25, 0.3) is 0 Å². The molecule has 0 bridgehead atoms. The Hall–Kier alpha value is -1.37. The molecule has 0 fully saturated rings. The van der Waals surface area contributed by atoms with Crippen molar-refractivity contribution in [1.29, 1.82) is 5.26 Å². The van der Waals surface area contributed by atoms with Gasteiger partial charge in [0.25, 0.3) is 5.91 Å². The summed E-state index contributed by atoms with van der Waals surface area (Å²) >= 11 is 0.